The average Bonchev–Trinajstić information content (AvgIpc) is 2.73. The standard InChI is InChI=1S/C21H21N3O3S/c1-23(19-10-6-14-24(21(19)25)17-8-3-2-4-9-17)28(26,27)20-11-5-7-16-15-22-13-12-18(16)20/h2-5,7-9,11-13,15,19H,6,10,14H2,1H3. The Morgan fingerprint density at radius 1 is 1.07 bits per heavy atom. The Balaban J connectivity index is 1.69. The molecule has 2 aromatic carbocycles. The molecule has 28 heavy (non-hydrogen) atoms. The molecule has 144 valence electrons. The molecular formula is C21H21N3O3S. The van der Waals surface area contributed by atoms with Crippen molar-refractivity contribution >= 4 is 32.4 Å². The first-order chi connectivity index (χ1) is 13.5. The number of piperidine rings is 1. The average molecular weight is 395 g/mol. The van der Waals surface area contributed by atoms with E-state index in [-0.39, 0.29) is 10.8 Å². The lowest BCUT2D eigenvalue weighted by Gasteiger charge is -2.36. The van der Waals surface area contributed by atoms with Crippen molar-refractivity contribution in [2.75, 3.05) is 18.5 Å². The van der Waals surface area contributed by atoms with Crippen LogP contribution in [0.1, 0.15) is 12.8 Å². The number of fused-ring (bicyclic) bond motifs is 1. The Morgan fingerprint density at radius 3 is 2.64 bits per heavy atom. The van der Waals surface area contributed by atoms with E-state index in [1.165, 1.54) is 11.4 Å². The molecule has 1 atom stereocenters. The van der Waals surface area contributed by atoms with Crippen molar-refractivity contribution in [3.63, 3.8) is 0 Å². The molecular weight excluding hydrogens is 374 g/mol. The Morgan fingerprint density at radius 2 is 1.86 bits per heavy atom. The van der Waals surface area contributed by atoms with Crippen molar-refractivity contribution in [1.29, 1.82) is 0 Å². The molecule has 1 fully saturated rings. The summed E-state index contributed by atoms with van der Waals surface area (Å²) in [6.45, 7) is 0.590. The van der Waals surface area contributed by atoms with Crippen LogP contribution in [0.4, 0.5) is 5.69 Å². The van der Waals surface area contributed by atoms with E-state index in [0.29, 0.717) is 18.4 Å². The van der Waals surface area contributed by atoms with Crippen LogP contribution in [0.25, 0.3) is 10.8 Å². The third kappa shape index (κ3) is 3.16. The normalized spacial score (nSPS) is 18.0. The summed E-state index contributed by atoms with van der Waals surface area (Å²) in [4.78, 5) is 19.0. The smallest absolute Gasteiger partial charge is 0.245 e. The van der Waals surface area contributed by atoms with Crippen LogP contribution in [0.3, 0.4) is 0 Å². The number of anilines is 1. The van der Waals surface area contributed by atoms with E-state index in [9.17, 15) is 13.2 Å². The van der Waals surface area contributed by atoms with Crippen LogP contribution in [-0.4, -0.2) is 43.2 Å². The highest BCUT2D eigenvalue weighted by molar-refractivity contribution is 7.89. The van der Waals surface area contributed by atoms with Crippen LogP contribution < -0.4 is 4.90 Å². The molecule has 0 N–H and O–H groups in total. The fourth-order valence-electron chi connectivity index (χ4n) is 3.70. The van der Waals surface area contributed by atoms with Crippen molar-refractivity contribution in [3.8, 4) is 0 Å². The van der Waals surface area contributed by atoms with Gasteiger partial charge in [-0.2, -0.15) is 4.31 Å². The van der Waals surface area contributed by atoms with Gasteiger partial charge in [0.25, 0.3) is 0 Å². The number of hydrogen-bond acceptors (Lipinski definition) is 4. The summed E-state index contributed by atoms with van der Waals surface area (Å²) in [5.74, 6) is -0.189. The fraction of sp³-hybridized carbons (Fsp3) is 0.238. The van der Waals surface area contributed by atoms with E-state index in [1.807, 2.05) is 36.4 Å². The molecule has 6 nitrogen and oxygen atoms in total. The number of rotatable bonds is 4. The highest BCUT2D eigenvalue weighted by Crippen LogP contribution is 2.29. The molecule has 7 heteroatoms. The van der Waals surface area contributed by atoms with Gasteiger partial charge in [0.15, 0.2) is 0 Å². The molecule has 0 saturated carbocycles. The van der Waals surface area contributed by atoms with E-state index in [4.69, 9.17) is 0 Å². The summed E-state index contributed by atoms with van der Waals surface area (Å²) in [5.41, 5.74) is 0.791. The minimum atomic E-state index is -3.85. The lowest BCUT2D eigenvalue weighted by atomic mass is 10.0. The Bertz CT molecular complexity index is 1110. The number of carbonyl (C=O) groups is 1. The van der Waals surface area contributed by atoms with E-state index < -0.39 is 16.1 Å². The molecule has 0 spiro atoms. The predicted octanol–water partition coefficient (Wildman–Crippen LogP) is 3.05. The lowest BCUT2D eigenvalue weighted by molar-refractivity contribution is -0.123. The Kier molecular flexibility index (Phi) is 4.87. The highest BCUT2D eigenvalue weighted by atomic mass is 32.2. The number of carbonyl (C=O) groups excluding carboxylic acids is 1. The van der Waals surface area contributed by atoms with Crippen LogP contribution in [-0.2, 0) is 14.8 Å². The molecule has 0 bridgehead atoms. The molecule has 1 aliphatic heterocycles. The molecule has 1 aliphatic rings. The summed E-state index contributed by atoms with van der Waals surface area (Å²) in [5, 5.41) is 1.35. The molecule has 3 aromatic rings. The molecule has 2 heterocycles. The van der Waals surface area contributed by atoms with Crippen LogP contribution in [0.2, 0.25) is 0 Å². The van der Waals surface area contributed by atoms with Crippen molar-refractivity contribution in [2.24, 2.45) is 0 Å². The Hall–Kier alpha value is -2.77. The number of pyridine rings is 1. The predicted molar refractivity (Wildman–Crippen MR) is 109 cm³/mol. The number of nitrogens with zero attached hydrogens (tertiary/aromatic N) is 3. The van der Waals surface area contributed by atoms with E-state index >= 15 is 0 Å². The number of para-hydroxylation sites is 1. The second kappa shape index (κ2) is 7.33. The fourth-order valence-corrected chi connectivity index (χ4v) is 5.25. The van der Waals surface area contributed by atoms with Gasteiger partial charge in [0, 0.05) is 42.4 Å². The maximum atomic E-state index is 13.4. The van der Waals surface area contributed by atoms with Crippen LogP contribution in [0.5, 0.6) is 0 Å². The van der Waals surface area contributed by atoms with Gasteiger partial charge < -0.3 is 4.90 Å². The first-order valence-corrected chi connectivity index (χ1v) is 10.6. The van der Waals surface area contributed by atoms with Crippen molar-refractivity contribution < 1.29 is 13.2 Å². The molecule has 0 aliphatic carbocycles. The first kappa shape index (κ1) is 18.6. The van der Waals surface area contributed by atoms with E-state index in [2.05, 4.69) is 4.98 Å². The van der Waals surface area contributed by atoms with Crippen molar-refractivity contribution in [1.82, 2.24) is 9.29 Å². The molecule has 1 aromatic heterocycles. The minimum Gasteiger partial charge on any atom is -0.311 e. The van der Waals surface area contributed by atoms with E-state index in [1.54, 1.807) is 35.5 Å². The zero-order valence-electron chi connectivity index (χ0n) is 15.5. The zero-order valence-corrected chi connectivity index (χ0v) is 16.3. The summed E-state index contributed by atoms with van der Waals surface area (Å²) in [6, 6.07) is 15.4. The molecule has 0 radical (unpaired) electrons. The number of benzene rings is 2. The van der Waals surface area contributed by atoms with Gasteiger partial charge in [-0.1, -0.05) is 30.3 Å². The number of amides is 1. The topological polar surface area (TPSA) is 70.6 Å². The third-order valence-electron chi connectivity index (χ3n) is 5.21. The van der Waals surface area contributed by atoms with Gasteiger partial charge in [-0.05, 0) is 37.1 Å². The summed E-state index contributed by atoms with van der Waals surface area (Å²) >= 11 is 0. The van der Waals surface area contributed by atoms with E-state index in [0.717, 1.165) is 17.5 Å². The maximum Gasteiger partial charge on any atom is 0.245 e. The Labute approximate surface area is 164 Å². The zero-order chi connectivity index (χ0) is 19.7. The van der Waals surface area contributed by atoms with Crippen molar-refractivity contribution in [3.05, 3.63) is 67.0 Å². The number of sulfonamides is 1. The minimum absolute atomic E-state index is 0.189. The number of likely N-dealkylation sites (N-methyl/N-ethyl adjacent to an activating group) is 1. The quantitative estimate of drug-likeness (QED) is 0.681. The van der Waals surface area contributed by atoms with Gasteiger partial charge in [-0.15, -0.1) is 0 Å². The number of aromatic nitrogens is 1. The summed E-state index contributed by atoms with van der Waals surface area (Å²) in [7, 11) is -2.35. The first-order valence-electron chi connectivity index (χ1n) is 9.17. The summed E-state index contributed by atoms with van der Waals surface area (Å²) in [6.07, 6.45) is 4.45. The molecule has 1 saturated heterocycles. The van der Waals surface area contributed by atoms with Gasteiger partial charge in [0.05, 0.1) is 4.90 Å². The largest absolute Gasteiger partial charge is 0.311 e. The SMILES string of the molecule is CN(C1CCCN(c2ccccc2)C1=O)S(=O)(=O)c1cccc2cnccc12. The molecule has 4 rings (SSSR count). The van der Waals surface area contributed by atoms with Gasteiger partial charge >= 0.3 is 0 Å². The summed E-state index contributed by atoms with van der Waals surface area (Å²) < 4.78 is 28.0. The van der Waals surface area contributed by atoms with Gasteiger partial charge in [0.1, 0.15) is 6.04 Å². The maximum absolute atomic E-state index is 13.4. The van der Waals surface area contributed by atoms with Crippen LogP contribution in [0.15, 0.2) is 71.9 Å². The van der Waals surface area contributed by atoms with Gasteiger partial charge in [0.2, 0.25) is 15.9 Å². The molecule has 1 unspecified atom stereocenters. The van der Waals surface area contributed by atoms with Crippen LogP contribution >= 0.6 is 0 Å². The third-order valence-corrected chi connectivity index (χ3v) is 7.14. The second-order valence-electron chi connectivity index (χ2n) is 6.86. The van der Waals surface area contributed by atoms with Gasteiger partial charge in [-0.3, -0.25) is 9.78 Å². The lowest BCUT2D eigenvalue weighted by Crippen LogP contribution is -2.53. The van der Waals surface area contributed by atoms with Crippen molar-refractivity contribution in [2.45, 2.75) is 23.8 Å². The van der Waals surface area contributed by atoms with Crippen LogP contribution in [0, 0.1) is 0 Å². The monoisotopic (exact) mass is 395 g/mol. The molecule has 1 amide bonds. The highest BCUT2D eigenvalue weighted by Gasteiger charge is 2.38. The number of hydrogen-bond donors (Lipinski definition) is 0. The van der Waals surface area contributed by atoms with Gasteiger partial charge in [-0.25, -0.2) is 8.42 Å². The second-order valence-corrected chi connectivity index (χ2v) is 8.82.